The fourth-order valence-corrected chi connectivity index (χ4v) is 0.401. The molecule has 2 heteroatoms. The zero-order chi connectivity index (χ0) is 5.28. The Morgan fingerprint density at radius 2 is 2.57 bits per heavy atom. The molecule has 37 valence electrons. The van der Waals surface area contributed by atoms with Gasteiger partial charge >= 0.3 is 0 Å². The van der Waals surface area contributed by atoms with Crippen LogP contribution in [0, 0.1) is 6.92 Å². The second-order valence-corrected chi connectivity index (χ2v) is 1.45. The maximum Gasteiger partial charge on any atom is 0.0492 e. The minimum Gasteiger partial charge on any atom is -0.273 e. The van der Waals surface area contributed by atoms with Crippen molar-refractivity contribution in [2.45, 2.75) is 0 Å². The summed E-state index contributed by atoms with van der Waals surface area (Å²) < 4.78 is 1.72. The molecular weight excluding hydrogens is 88.1 g/mol. The Balaban J connectivity index is 3.12. The molecule has 1 aromatic heterocycles. The van der Waals surface area contributed by atoms with Crippen molar-refractivity contribution in [3.63, 3.8) is 0 Å². The minimum atomic E-state index is 0.944. The average molecular weight is 95.1 g/mol. The molecule has 1 aromatic rings. The summed E-state index contributed by atoms with van der Waals surface area (Å²) in [6.07, 6.45) is 1.72. The first-order valence-electron chi connectivity index (χ1n) is 2.10. The van der Waals surface area contributed by atoms with Crippen LogP contribution in [-0.2, 0) is 7.05 Å². The summed E-state index contributed by atoms with van der Waals surface area (Å²) in [4.78, 5) is 0. The average Bonchev–Trinajstić information content (AvgIpc) is 1.91. The van der Waals surface area contributed by atoms with Gasteiger partial charge in [0.25, 0.3) is 0 Å². The predicted octanol–water partition coefficient (Wildman–Crippen LogP) is 0.602. The first-order valence-corrected chi connectivity index (χ1v) is 2.10. The van der Waals surface area contributed by atoms with Crippen molar-refractivity contribution in [3.05, 3.63) is 24.9 Å². The number of nitrogens with zero attached hydrogens (tertiary/aromatic N) is 2. The molecular formula is C5H7N2. The van der Waals surface area contributed by atoms with Gasteiger partial charge in [-0.3, -0.25) is 4.68 Å². The van der Waals surface area contributed by atoms with Crippen LogP contribution in [0.4, 0.5) is 0 Å². The molecule has 0 saturated carbocycles. The van der Waals surface area contributed by atoms with E-state index in [4.69, 9.17) is 0 Å². The van der Waals surface area contributed by atoms with Crippen LogP contribution >= 0.6 is 0 Å². The van der Waals surface area contributed by atoms with E-state index in [0.717, 1.165) is 5.69 Å². The van der Waals surface area contributed by atoms with Crippen molar-refractivity contribution < 1.29 is 0 Å². The van der Waals surface area contributed by atoms with Gasteiger partial charge in [0, 0.05) is 18.9 Å². The Hall–Kier alpha value is -0.790. The van der Waals surface area contributed by atoms with Gasteiger partial charge in [-0.25, -0.2) is 0 Å². The number of hydrogen-bond acceptors (Lipinski definition) is 1. The molecule has 1 radical (unpaired) electrons. The van der Waals surface area contributed by atoms with Gasteiger partial charge in [-0.05, 0) is 13.0 Å². The van der Waals surface area contributed by atoms with Crippen molar-refractivity contribution in [2.24, 2.45) is 7.05 Å². The van der Waals surface area contributed by atoms with Crippen LogP contribution in [0.5, 0.6) is 0 Å². The van der Waals surface area contributed by atoms with E-state index in [1.807, 2.05) is 13.1 Å². The van der Waals surface area contributed by atoms with Gasteiger partial charge in [-0.2, -0.15) is 5.10 Å². The van der Waals surface area contributed by atoms with Gasteiger partial charge in [0.05, 0.1) is 0 Å². The summed E-state index contributed by atoms with van der Waals surface area (Å²) >= 11 is 0. The second-order valence-electron chi connectivity index (χ2n) is 1.45. The van der Waals surface area contributed by atoms with E-state index >= 15 is 0 Å². The van der Waals surface area contributed by atoms with Gasteiger partial charge in [0.1, 0.15) is 0 Å². The van der Waals surface area contributed by atoms with Crippen molar-refractivity contribution in [1.82, 2.24) is 9.78 Å². The molecule has 0 bridgehead atoms. The van der Waals surface area contributed by atoms with Crippen LogP contribution in [0.3, 0.4) is 0 Å². The topological polar surface area (TPSA) is 17.8 Å². The zero-order valence-electron chi connectivity index (χ0n) is 4.26. The molecule has 0 atom stereocenters. The fourth-order valence-electron chi connectivity index (χ4n) is 0.401. The third-order valence-electron chi connectivity index (χ3n) is 0.922. The molecule has 0 aliphatic carbocycles. The normalized spacial score (nSPS) is 9.43. The maximum atomic E-state index is 3.87. The molecule has 0 fully saturated rings. The van der Waals surface area contributed by atoms with Gasteiger partial charge < -0.3 is 0 Å². The van der Waals surface area contributed by atoms with Crippen molar-refractivity contribution in [1.29, 1.82) is 0 Å². The van der Waals surface area contributed by atoms with Crippen LogP contribution in [-0.4, -0.2) is 9.78 Å². The van der Waals surface area contributed by atoms with E-state index in [-0.39, 0.29) is 0 Å². The number of rotatable bonds is 0. The third kappa shape index (κ3) is 0.633. The number of aryl methyl sites for hydroxylation is 1. The van der Waals surface area contributed by atoms with E-state index in [9.17, 15) is 0 Å². The number of aromatic nitrogens is 2. The molecule has 1 heterocycles. The Bertz CT molecular complexity index is 138. The van der Waals surface area contributed by atoms with Crippen LogP contribution in [0.15, 0.2) is 12.3 Å². The molecule has 0 N–H and O–H groups in total. The third-order valence-corrected chi connectivity index (χ3v) is 0.922. The summed E-state index contributed by atoms with van der Waals surface area (Å²) in [6, 6.07) is 1.86. The highest BCUT2D eigenvalue weighted by Gasteiger charge is 1.83. The molecule has 2 nitrogen and oxygen atoms in total. The highest BCUT2D eigenvalue weighted by molar-refractivity contribution is 5.02. The molecule has 7 heavy (non-hydrogen) atoms. The Labute approximate surface area is 42.8 Å². The predicted molar refractivity (Wildman–Crippen MR) is 27.7 cm³/mol. The molecule has 0 aliphatic rings. The van der Waals surface area contributed by atoms with Crippen molar-refractivity contribution in [3.8, 4) is 0 Å². The van der Waals surface area contributed by atoms with E-state index < -0.39 is 0 Å². The summed E-state index contributed by atoms with van der Waals surface area (Å²) in [5.41, 5.74) is 0.944. The molecule has 0 aliphatic heterocycles. The minimum absolute atomic E-state index is 0.944. The molecule has 0 spiro atoms. The fraction of sp³-hybridized carbons (Fsp3) is 0.200. The highest BCUT2D eigenvalue weighted by Crippen LogP contribution is 1.88. The lowest BCUT2D eigenvalue weighted by Crippen LogP contribution is -1.90. The molecule has 0 amide bonds. The molecule has 0 unspecified atom stereocenters. The molecule has 1 rings (SSSR count). The summed E-state index contributed by atoms with van der Waals surface area (Å²) in [6.45, 7) is 3.68. The van der Waals surface area contributed by atoms with Gasteiger partial charge in [0.15, 0.2) is 0 Å². The quantitative estimate of drug-likeness (QED) is 0.461. The first-order chi connectivity index (χ1) is 3.30. The lowest BCUT2D eigenvalue weighted by molar-refractivity contribution is 0.753. The van der Waals surface area contributed by atoms with Crippen LogP contribution < -0.4 is 0 Å². The van der Waals surface area contributed by atoms with Crippen LogP contribution in [0.25, 0.3) is 0 Å². The smallest absolute Gasteiger partial charge is 0.0492 e. The van der Waals surface area contributed by atoms with Gasteiger partial charge in [-0.1, -0.05) is 0 Å². The van der Waals surface area contributed by atoms with E-state index in [1.54, 1.807) is 10.9 Å². The van der Waals surface area contributed by atoms with Crippen molar-refractivity contribution >= 4 is 0 Å². The van der Waals surface area contributed by atoms with Crippen LogP contribution in [0.2, 0.25) is 0 Å². The van der Waals surface area contributed by atoms with Crippen LogP contribution in [0.1, 0.15) is 5.69 Å². The monoisotopic (exact) mass is 95.1 g/mol. The molecule has 0 aromatic carbocycles. The van der Waals surface area contributed by atoms with E-state index in [0.29, 0.717) is 0 Å². The summed E-state index contributed by atoms with van der Waals surface area (Å²) in [5.74, 6) is 0. The maximum absolute atomic E-state index is 3.87. The Kier molecular flexibility index (Phi) is 0.855. The van der Waals surface area contributed by atoms with Gasteiger partial charge in [0.2, 0.25) is 0 Å². The van der Waals surface area contributed by atoms with Crippen molar-refractivity contribution in [2.75, 3.05) is 0 Å². The lowest BCUT2D eigenvalue weighted by atomic mass is 10.5. The number of hydrogen-bond donors (Lipinski definition) is 0. The Morgan fingerprint density at radius 1 is 1.86 bits per heavy atom. The zero-order valence-corrected chi connectivity index (χ0v) is 4.26. The first kappa shape index (κ1) is 4.37. The second kappa shape index (κ2) is 1.37. The van der Waals surface area contributed by atoms with E-state index in [2.05, 4.69) is 12.0 Å². The molecule has 0 saturated heterocycles. The summed E-state index contributed by atoms with van der Waals surface area (Å²) in [5, 5.41) is 3.87. The van der Waals surface area contributed by atoms with E-state index in [1.165, 1.54) is 0 Å². The lowest BCUT2D eigenvalue weighted by Gasteiger charge is -1.87. The Morgan fingerprint density at radius 3 is 2.71 bits per heavy atom. The largest absolute Gasteiger partial charge is 0.273 e. The SMILES string of the molecule is [CH2]c1ccnn1C. The standard InChI is InChI=1S/C5H7N2/c1-5-3-4-6-7(5)2/h3-4H,1H2,2H3. The highest BCUT2D eigenvalue weighted by atomic mass is 15.2. The summed E-state index contributed by atoms with van der Waals surface area (Å²) in [7, 11) is 1.86. The van der Waals surface area contributed by atoms with Gasteiger partial charge in [-0.15, -0.1) is 0 Å².